The molecule has 1 amide bonds. The van der Waals surface area contributed by atoms with Gasteiger partial charge in [-0.05, 0) is 41.5 Å². The van der Waals surface area contributed by atoms with Crippen LogP contribution in [0.2, 0.25) is 0 Å². The molecule has 3 rings (SSSR count). The number of carbonyl (C=O) groups is 1. The van der Waals surface area contributed by atoms with Crippen LogP contribution in [0, 0.1) is 5.41 Å². The third-order valence-corrected chi connectivity index (χ3v) is 3.48. The lowest BCUT2D eigenvalue weighted by atomic mass is 10.1. The molecule has 0 saturated carbocycles. The molecule has 0 radical (unpaired) electrons. The van der Waals surface area contributed by atoms with E-state index in [2.05, 4.69) is 15.3 Å². The van der Waals surface area contributed by atoms with E-state index < -0.39 is 5.91 Å². The van der Waals surface area contributed by atoms with Gasteiger partial charge < -0.3 is 15.7 Å². The number of aromatic nitrogens is 2. The van der Waals surface area contributed by atoms with Crippen LogP contribution in [-0.4, -0.2) is 22.1 Å². The Hall–Kier alpha value is -3.54. The van der Waals surface area contributed by atoms with Crippen molar-refractivity contribution in [2.24, 2.45) is 0 Å². The molecule has 0 bridgehead atoms. The van der Waals surface area contributed by atoms with Crippen LogP contribution in [0.25, 0.3) is 11.1 Å². The predicted octanol–water partition coefficient (Wildman–Crippen LogP) is 2.69. The van der Waals surface area contributed by atoms with Gasteiger partial charge in [-0.2, -0.15) is 0 Å². The molecule has 2 heterocycles. The first-order chi connectivity index (χ1) is 11.7. The Balaban J connectivity index is 1.90. The summed E-state index contributed by atoms with van der Waals surface area (Å²) in [4.78, 5) is 30.9. The van der Waals surface area contributed by atoms with Crippen LogP contribution in [0.3, 0.4) is 0 Å². The van der Waals surface area contributed by atoms with Crippen molar-refractivity contribution >= 4 is 17.8 Å². The van der Waals surface area contributed by atoms with Crippen molar-refractivity contribution in [3.05, 3.63) is 82.5 Å². The molecule has 0 unspecified atom stereocenters. The second kappa shape index (κ2) is 6.70. The zero-order valence-corrected chi connectivity index (χ0v) is 12.6. The standard InChI is InChI=1S/C18H14N4O2/c19-10-12-2-1-3-14(8-12)17(23)22-16-9-15(11-21-18(16)24)13-4-6-20-7-5-13/h1-11,19H,(H,21,24)(H,22,23). The fourth-order valence-electron chi connectivity index (χ4n) is 2.25. The van der Waals surface area contributed by atoms with Crippen LogP contribution in [0.5, 0.6) is 0 Å². The molecule has 0 saturated heterocycles. The molecule has 24 heavy (non-hydrogen) atoms. The van der Waals surface area contributed by atoms with E-state index in [1.807, 2.05) is 12.1 Å². The molecule has 0 spiro atoms. The smallest absolute Gasteiger partial charge is 0.271 e. The number of benzene rings is 1. The minimum atomic E-state index is -0.406. The van der Waals surface area contributed by atoms with Gasteiger partial charge in [0.15, 0.2) is 0 Å². The van der Waals surface area contributed by atoms with Gasteiger partial charge in [0.25, 0.3) is 11.5 Å². The Morgan fingerprint density at radius 3 is 2.67 bits per heavy atom. The largest absolute Gasteiger partial charge is 0.327 e. The number of H-pyrrole nitrogens is 1. The average molecular weight is 318 g/mol. The van der Waals surface area contributed by atoms with Gasteiger partial charge in [0, 0.05) is 35.9 Å². The number of aromatic amines is 1. The average Bonchev–Trinajstić information content (AvgIpc) is 2.64. The zero-order chi connectivity index (χ0) is 16.9. The van der Waals surface area contributed by atoms with Crippen LogP contribution in [0.15, 0.2) is 65.8 Å². The summed E-state index contributed by atoms with van der Waals surface area (Å²) in [5.41, 5.74) is 2.41. The van der Waals surface area contributed by atoms with E-state index >= 15 is 0 Å². The molecule has 0 aliphatic rings. The fraction of sp³-hybridized carbons (Fsp3) is 0. The van der Waals surface area contributed by atoms with Crippen molar-refractivity contribution in [1.29, 1.82) is 5.41 Å². The van der Waals surface area contributed by atoms with E-state index in [9.17, 15) is 9.59 Å². The van der Waals surface area contributed by atoms with Crippen LogP contribution >= 0.6 is 0 Å². The summed E-state index contributed by atoms with van der Waals surface area (Å²) in [6, 6.07) is 11.9. The highest BCUT2D eigenvalue weighted by atomic mass is 16.2. The summed E-state index contributed by atoms with van der Waals surface area (Å²) in [6.45, 7) is 0. The van der Waals surface area contributed by atoms with Gasteiger partial charge in [0.05, 0.1) is 0 Å². The second-order valence-electron chi connectivity index (χ2n) is 5.09. The molecular formula is C18H14N4O2. The Morgan fingerprint density at radius 1 is 1.12 bits per heavy atom. The topological polar surface area (TPSA) is 98.7 Å². The molecule has 0 aliphatic heterocycles. The molecule has 2 aromatic heterocycles. The zero-order valence-electron chi connectivity index (χ0n) is 12.6. The summed E-state index contributed by atoms with van der Waals surface area (Å²) >= 11 is 0. The number of hydrogen-bond acceptors (Lipinski definition) is 4. The van der Waals surface area contributed by atoms with E-state index in [1.54, 1.807) is 48.9 Å². The summed E-state index contributed by atoms with van der Waals surface area (Å²) in [5.74, 6) is -0.406. The van der Waals surface area contributed by atoms with Crippen molar-refractivity contribution in [3.63, 3.8) is 0 Å². The van der Waals surface area contributed by atoms with Gasteiger partial charge in [-0.3, -0.25) is 14.6 Å². The minimum absolute atomic E-state index is 0.162. The molecule has 0 fully saturated rings. The molecular weight excluding hydrogens is 304 g/mol. The maximum Gasteiger partial charge on any atom is 0.271 e. The molecule has 118 valence electrons. The maximum absolute atomic E-state index is 12.3. The van der Waals surface area contributed by atoms with Crippen molar-refractivity contribution in [2.45, 2.75) is 0 Å². The van der Waals surface area contributed by atoms with Gasteiger partial charge >= 0.3 is 0 Å². The molecule has 1 aromatic carbocycles. The van der Waals surface area contributed by atoms with Gasteiger partial charge in [0.2, 0.25) is 0 Å². The highest BCUT2D eigenvalue weighted by Crippen LogP contribution is 2.19. The lowest BCUT2D eigenvalue weighted by molar-refractivity contribution is 0.102. The summed E-state index contributed by atoms with van der Waals surface area (Å²) in [5, 5.41) is 9.86. The summed E-state index contributed by atoms with van der Waals surface area (Å²) in [7, 11) is 0. The van der Waals surface area contributed by atoms with E-state index in [-0.39, 0.29) is 11.2 Å². The van der Waals surface area contributed by atoms with Gasteiger partial charge in [-0.1, -0.05) is 12.1 Å². The number of anilines is 1. The molecule has 0 atom stereocenters. The number of hydrogen-bond donors (Lipinski definition) is 3. The Bertz CT molecular complexity index is 948. The van der Waals surface area contributed by atoms with Crippen LogP contribution in [0.4, 0.5) is 5.69 Å². The van der Waals surface area contributed by atoms with E-state index in [0.717, 1.165) is 17.3 Å². The SMILES string of the molecule is N=Cc1cccc(C(=O)Nc2cc(-c3ccncc3)c[nH]c2=O)c1. The number of pyridine rings is 2. The lowest BCUT2D eigenvalue weighted by Crippen LogP contribution is -2.19. The van der Waals surface area contributed by atoms with Gasteiger partial charge in [-0.15, -0.1) is 0 Å². The first kappa shape index (κ1) is 15.4. The van der Waals surface area contributed by atoms with Crippen LogP contribution in [0.1, 0.15) is 15.9 Å². The van der Waals surface area contributed by atoms with E-state index in [0.29, 0.717) is 11.1 Å². The molecule has 6 heteroatoms. The maximum atomic E-state index is 12.3. The highest BCUT2D eigenvalue weighted by molar-refractivity contribution is 6.05. The van der Waals surface area contributed by atoms with E-state index in [1.165, 1.54) is 0 Å². The first-order valence-corrected chi connectivity index (χ1v) is 7.22. The van der Waals surface area contributed by atoms with Gasteiger partial charge in [-0.25, -0.2) is 0 Å². The van der Waals surface area contributed by atoms with Crippen LogP contribution in [-0.2, 0) is 0 Å². The number of nitrogens with one attached hydrogen (secondary N) is 3. The fourth-order valence-corrected chi connectivity index (χ4v) is 2.25. The normalized spacial score (nSPS) is 10.2. The first-order valence-electron chi connectivity index (χ1n) is 7.22. The molecule has 0 aliphatic carbocycles. The Kier molecular flexibility index (Phi) is 4.29. The number of nitrogens with zero attached hydrogens (tertiary/aromatic N) is 1. The van der Waals surface area contributed by atoms with Crippen molar-refractivity contribution in [2.75, 3.05) is 5.32 Å². The Morgan fingerprint density at radius 2 is 1.92 bits per heavy atom. The summed E-state index contributed by atoms with van der Waals surface area (Å²) in [6.07, 6.45) is 6.06. The molecule has 6 nitrogen and oxygen atoms in total. The Labute approximate surface area is 137 Å². The summed E-state index contributed by atoms with van der Waals surface area (Å²) < 4.78 is 0. The second-order valence-corrected chi connectivity index (χ2v) is 5.09. The van der Waals surface area contributed by atoms with E-state index in [4.69, 9.17) is 5.41 Å². The highest BCUT2D eigenvalue weighted by Gasteiger charge is 2.10. The van der Waals surface area contributed by atoms with Crippen LogP contribution < -0.4 is 10.9 Å². The quantitative estimate of drug-likeness (QED) is 0.645. The number of carbonyl (C=O) groups excluding carboxylic acids is 1. The van der Waals surface area contributed by atoms with Crippen molar-refractivity contribution in [1.82, 2.24) is 9.97 Å². The van der Waals surface area contributed by atoms with Crippen molar-refractivity contribution < 1.29 is 4.79 Å². The monoisotopic (exact) mass is 318 g/mol. The minimum Gasteiger partial charge on any atom is -0.327 e. The lowest BCUT2D eigenvalue weighted by Gasteiger charge is -2.07. The number of amides is 1. The third kappa shape index (κ3) is 3.27. The van der Waals surface area contributed by atoms with Crippen molar-refractivity contribution in [3.8, 4) is 11.1 Å². The molecule has 3 aromatic rings. The predicted molar refractivity (Wildman–Crippen MR) is 92.6 cm³/mol. The molecule has 3 N–H and O–H groups in total. The third-order valence-electron chi connectivity index (χ3n) is 3.48. The number of rotatable bonds is 4. The van der Waals surface area contributed by atoms with Gasteiger partial charge in [0.1, 0.15) is 5.69 Å².